The summed E-state index contributed by atoms with van der Waals surface area (Å²) in [6.45, 7) is 1.25. The van der Waals surface area contributed by atoms with E-state index < -0.39 is 0 Å². The molecule has 1 N–H and O–H groups in total. The van der Waals surface area contributed by atoms with Gasteiger partial charge in [0.15, 0.2) is 5.58 Å². The van der Waals surface area contributed by atoms with E-state index in [0.29, 0.717) is 13.1 Å². The Morgan fingerprint density at radius 1 is 1.00 bits per heavy atom. The smallest absolute Gasteiger partial charge is 0.161 e. The molecule has 1 aliphatic rings. The molecule has 3 aromatic heterocycles. The molecule has 0 saturated carbocycles. The van der Waals surface area contributed by atoms with E-state index in [4.69, 9.17) is 4.42 Å². The maximum absolute atomic E-state index is 9.56. The number of β-amino-alcohol motifs (C(OH)–C–C–N with tert-alkyl or cyclic N) is 1. The van der Waals surface area contributed by atoms with E-state index >= 15 is 0 Å². The van der Waals surface area contributed by atoms with Gasteiger partial charge in [0.2, 0.25) is 0 Å². The van der Waals surface area contributed by atoms with Gasteiger partial charge in [-0.05, 0) is 42.2 Å². The number of rotatable bonds is 4. The number of aliphatic hydroxyl groups is 1. The number of benzene rings is 1. The molecule has 0 amide bonds. The van der Waals surface area contributed by atoms with Gasteiger partial charge in [0.1, 0.15) is 17.1 Å². The van der Waals surface area contributed by atoms with E-state index in [2.05, 4.69) is 45.4 Å². The molecule has 6 heteroatoms. The Morgan fingerprint density at radius 2 is 1.79 bits per heavy atom. The molecule has 140 valence electrons. The second kappa shape index (κ2) is 6.96. The Balaban J connectivity index is 1.55. The average molecular weight is 389 g/mol. The van der Waals surface area contributed by atoms with Crippen molar-refractivity contribution >= 4 is 28.7 Å². The van der Waals surface area contributed by atoms with E-state index in [1.807, 2.05) is 24.3 Å². The molecule has 1 fully saturated rings. The highest BCUT2D eigenvalue weighted by molar-refractivity contribution is 7.98. The third kappa shape index (κ3) is 3.04. The van der Waals surface area contributed by atoms with Crippen LogP contribution in [-0.4, -0.2) is 40.5 Å². The zero-order chi connectivity index (χ0) is 19.1. The first kappa shape index (κ1) is 17.3. The highest BCUT2D eigenvalue weighted by atomic mass is 32.2. The predicted octanol–water partition coefficient (Wildman–Crippen LogP) is 4.46. The molecule has 0 unspecified atom stereocenters. The first-order valence-corrected chi connectivity index (χ1v) is 10.4. The molecule has 1 aliphatic heterocycles. The van der Waals surface area contributed by atoms with E-state index in [-0.39, 0.29) is 6.10 Å². The van der Waals surface area contributed by atoms with Crippen LogP contribution in [0.25, 0.3) is 33.6 Å². The number of furan rings is 1. The van der Waals surface area contributed by atoms with Gasteiger partial charge in [0, 0.05) is 47.6 Å². The van der Waals surface area contributed by atoms with Gasteiger partial charge < -0.3 is 14.4 Å². The van der Waals surface area contributed by atoms with Gasteiger partial charge in [0.25, 0.3) is 0 Å². The van der Waals surface area contributed by atoms with Crippen molar-refractivity contribution in [1.29, 1.82) is 0 Å². The second-order valence-corrected chi connectivity index (χ2v) is 7.75. The Morgan fingerprint density at radius 3 is 2.54 bits per heavy atom. The third-order valence-corrected chi connectivity index (χ3v) is 5.77. The zero-order valence-corrected chi connectivity index (χ0v) is 16.2. The SMILES string of the molecule is CSc1ccc(-c2cc3nccc(-c4ccnc(N5CC(O)C5)c4)c3o2)cc1. The van der Waals surface area contributed by atoms with Crippen LogP contribution in [0.1, 0.15) is 0 Å². The van der Waals surface area contributed by atoms with E-state index in [9.17, 15) is 5.11 Å². The van der Waals surface area contributed by atoms with Crippen molar-refractivity contribution in [2.45, 2.75) is 11.0 Å². The molecule has 0 atom stereocenters. The first-order valence-electron chi connectivity index (χ1n) is 9.14. The zero-order valence-electron chi connectivity index (χ0n) is 15.4. The Labute approximate surface area is 167 Å². The first-order chi connectivity index (χ1) is 13.7. The lowest BCUT2D eigenvalue weighted by atomic mass is 10.1. The summed E-state index contributed by atoms with van der Waals surface area (Å²) in [4.78, 5) is 12.2. The Hall–Kier alpha value is -2.83. The predicted molar refractivity (Wildman–Crippen MR) is 113 cm³/mol. The molecule has 5 rings (SSSR count). The van der Waals surface area contributed by atoms with Crippen LogP contribution in [0.15, 0.2) is 70.2 Å². The molecular formula is C22H19N3O2S. The minimum Gasteiger partial charge on any atom is -0.454 e. The molecule has 1 aromatic carbocycles. The maximum Gasteiger partial charge on any atom is 0.161 e. The van der Waals surface area contributed by atoms with Gasteiger partial charge in [-0.1, -0.05) is 12.1 Å². The summed E-state index contributed by atoms with van der Waals surface area (Å²) in [6, 6.07) is 16.3. The summed E-state index contributed by atoms with van der Waals surface area (Å²) in [7, 11) is 0. The number of nitrogens with zero attached hydrogens (tertiary/aromatic N) is 3. The lowest BCUT2D eigenvalue weighted by Crippen LogP contribution is -2.51. The van der Waals surface area contributed by atoms with Crippen LogP contribution in [-0.2, 0) is 0 Å². The van der Waals surface area contributed by atoms with Crippen LogP contribution in [0.3, 0.4) is 0 Å². The van der Waals surface area contributed by atoms with Crippen molar-refractivity contribution in [2.75, 3.05) is 24.2 Å². The fourth-order valence-corrected chi connectivity index (χ4v) is 3.87. The van der Waals surface area contributed by atoms with Crippen molar-refractivity contribution in [3.05, 3.63) is 60.9 Å². The van der Waals surface area contributed by atoms with Crippen molar-refractivity contribution < 1.29 is 9.52 Å². The number of hydrogen-bond donors (Lipinski definition) is 1. The normalized spacial score (nSPS) is 14.4. The van der Waals surface area contributed by atoms with Crippen LogP contribution >= 0.6 is 11.8 Å². The van der Waals surface area contributed by atoms with E-state index in [1.165, 1.54) is 4.90 Å². The molecular weight excluding hydrogens is 370 g/mol. The van der Waals surface area contributed by atoms with Gasteiger partial charge in [-0.2, -0.15) is 0 Å². The summed E-state index contributed by atoms with van der Waals surface area (Å²) in [5, 5.41) is 9.56. The molecule has 28 heavy (non-hydrogen) atoms. The van der Waals surface area contributed by atoms with Crippen LogP contribution < -0.4 is 4.90 Å². The number of anilines is 1. The maximum atomic E-state index is 9.56. The topological polar surface area (TPSA) is 62.4 Å². The van der Waals surface area contributed by atoms with Gasteiger partial charge >= 0.3 is 0 Å². The average Bonchev–Trinajstić information content (AvgIpc) is 3.16. The van der Waals surface area contributed by atoms with Gasteiger partial charge in [-0.3, -0.25) is 4.98 Å². The van der Waals surface area contributed by atoms with Gasteiger partial charge in [-0.15, -0.1) is 11.8 Å². The monoisotopic (exact) mass is 389 g/mol. The van der Waals surface area contributed by atoms with E-state index in [1.54, 1.807) is 24.2 Å². The fraction of sp³-hybridized carbons (Fsp3) is 0.182. The van der Waals surface area contributed by atoms with Crippen LogP contribution in [0.2, 0.25) is 0 Å². The van der Waals surface area contributed by atoms with E-state index in [0.717, 1.165) is 39.4 Å². The molecule has 0 radical (unpaired) electrons. The van der Waals surface area contributed by atoms with Gasteiger partial charge in [-0.25, -0.2) is 4.98 Å². The molecule has 0 aliphatic carbocycles. The van der Waals surface area contributed by atoms with Crippen molar-refractivity contribution in [2.24, 2.45) is 0 Å². The Bertz CT molecular complexity index is 1130. The van der Waals surface area contributed by atoms with Gasteiger partial charge in [0.05, 0.1) is 6.10 Å². The lowest BCUT2D eigenvalue weighted by Gasteiger charge is -2.36. The van der Waals surface area contributed by atoms with Crippen molar-refractivity contribution in [3.8, 4) is 22.5 Å². The summed E-state index contributed by atoms with van der Waals surface area (Å²) < 4.78 is 6.23. The molecule has 4 aromatic rings. The largest absolute Gasteiger partial charge is 0.454 e. The molecule has 4 heterocycles. The van der Waals surface area contributed by atoms with Crippen molar-refractivity contribution in [3.63, 3.8) is 0 Å². The fourth-order valence-electron chi connectivity index (χ4n) is 3.46. The highest BCUT2D eigenvalue weighted by Crippen LogP contribution is 2.35. The number of aromatic nitrogens is 2. The minimum atomic E-state index is -0.261. The quantitative estimate of drug-likeness (QED) is 0.520. The van der Waals surface area contributed by atoms with Crippen molar-refractivity contribution in [1.82, 2.24) is 9.97 Å². The molecule has 1 saturated heterocycles. The lowest BCUT2D eigenvalue weighted by molar-refractivity contribution is 0.141. The number of fused-ring (bicyclic) bond motifs is 1. The van der Waals surface area contributed by atoms with Crippen LogP contribution in [0.4, 0.5) is 5.82 Å². The van der Waals surface area contributed by atoms with Crippen LogP contribution in [0, 0.1) is 0 Å². The Kier molecular flexibility index (Phi) is 4.30. The molecule has 5 nitrogen and oxygen atoms in total. The summed E-state index contributed by atoms with van der Waals surface area (Å²) in [5.41, 5.74) is 4.65. The summed E-state index contributed by atoms with van der Waals surface area (Å²) in [5.74, 6) is 1.68. The summed E-state index contributed by atoms with van der Waals surface area (Å²) in [6.07, 6.45) is 5.41. The number of aliphatic hydroxyl groups excluding tert-OH is 1. The minimum absolute atomic E-state index is 0.261. The highest BCUT2D eigenvalue weighted by Gasteiger charge is 2.25. The second-order valence-electron chi connectivity index (χ2n) is 6.87. The molecule has 0 bridgehead atoms. The third-order valence-electron chi connectivity index (χ3n) is 5.03. The van der Waals surface area contributed by atoms with Crippen LogP contribution in [0.5, 0.6) is 0 Å². The number of hydrogen-bond acceptors (Lipinski definition) is 6. The number of pyridine rings is 2. The number of thioether (sulfide) groups is 1. The summed E-state index contributed by atoms with van der Waals surface area (Å²) >= 11 is 1.72. The standard InChI is InChI=1S/C22H19N3O2S/c1-28-17-4-2-14(3-5-17)20-11-19-22(27-20)18(7-9-23-19)15-6-8-24-21(10-15)25-12-16(26)13-25/h2-11,16,26H,12-13H2,1H3. The molecule has 0 spiro atoms.